The van der Waals surface area contributed by atoms with E-state index in [1.54, 1.807) is 37.3 Å². The molecule has 0 aliphatic heterocycles. The summed E-state index contributed by atoms with van der Waals surface area (Å²) in [6.45, 7) is 1.72. The van der Waals surface area contributed by atoms with Gasteiger partial charge >= 0.3 is 35.6 Å². The quantitative estimate of drug-likeness (QED) is 0.190. The van der Waals surface area contributed by atoms with Crippen LogP contribution in [0.3, 0.4) is 0 Å². The molecule has 1 N–H and O–H groups in total. The summed E-state index contributed by atoms with van der Waals surface area (Å²) in [5, 5.41) is 9.07. The molecule has 3 unspecified atom stereocenters. The van der Waals surface area contributed by atoms with Crippen LogP contribution in [-0.4, -0.2) is 28.7 Å². The van der Waals surface area contributed by atoms with E-state index in [4.69, 9.17) is 5.11 Å². The van der Waals surface area contributed by atoms with Crippen molar-refractivity contribution >= 4 is 0 Å². The molecule has 3 atom stereocenters. The molecule has 4 rings (SSSR count). The molecule has 1 saturated carbocycles. The second-order valence-electron chi connectivity index (χ2n) is 8.64. The van der Waals surface area contributed by atoms with E-state index in [1.807, 2.05) is 0 Å². The lowest BCUT2D eigenvalue weighted by molar-refractivity contribution is -0.535. The summed E-state index contributed by atoms with van der Waals surface area (Å²) in [6.07, 6.45) is -2.64. The Morgan fingerprint density at radius 2 is 1.11 bits per heavy atom. The van der Waals surface area contributed by atoms with Crippen LogP contribution < -0.4 is 9.47 Å². The summed E-state index contributed by atoms with van der Waals surface area (Å²) in [6, 6.07) is 16.3. The number of rotatable bonds is 7. The van der Waals surface area contributed by atoms with Gasteiger partial charge in [0, 0.05) is 5.41 Å². The highest BCUT2D eigenvalue weighted by Crippen LogP contribution is 2.66. The summed E-state index contributed by atoms with van der Waals surface area (Å²) < 4.78 is 129. The minimum absolute atomic E-state index is 0.233. The first kappa shape index (κ1) is 27.4. The van der Waals surface area contributed by atoms with Gasteiger partial charge in [-0.1, -0.05) is 54.6 Å². The van der Waals surface area contributed by atoms with E-state index in [0.717, 1.165) is 12.1 Å². The van der Waals surface area contributed by atoms with Crippen LogP contribution in [0.2, 0.25) is 0 Å². The van der Waals surface area contributed by atoms with E-state index in [9.17, 15) is 39.5 Å². The highest BCUT2D eigenvalue weighted by Gasteiger charge is 3.01. The number of halogens is 9. The summed E-state index contributed by atoms with van der Waals surface area (Å²) >= 11 is 0. The van der Waals surface area contributed by atoms with E-state index in [-0.39, 0.29) is 5.75 Å². The average Bonchev–Trinajstić information content (AvgIpc) is 2.88. The number of alkyl halides is 6. The topological polar surface area (TPSA) is 38.7 Å². The van der Waals surface area contributed by atoms with Gasteiger partial charge in [-0.3, -0.25) is 0 Å². The van der Waals surface area contributed by atoms with Gasteiger partial charge in [0.2, 0.25) is 0 Å². The number of ether oxygens (including phenoxy) is 2. The van der Waals surface area contributed by atoms with Gasteiger partial charge in [0.1, 0.15) is 11.5 Å². The average molecular weight is 548 g/mol. The predicted molar refractivity (Wildman–Crippen MR) is 116 cm³/mol. The Labute approximate surface area is 209 Å². The predicted octanol–water partition coefficient (Wildman–Crippen LogP) is 7.44. The molecule has 0 aromatic heterocycles. The molecular formula is C26H17F9O3. The van der Waals surface area contributed by atoms with Gasteiger partial charge in [0.15, 0.2) is 0 Å². The van der Waals surface area contributed by atoms with Crippen molar-refractivity contribution in [2.24, 2.45) is 0 Å². The van der Waals surface area contributed by atoms with Crippen molar-refractivity contribution in [2.75, 3.05) is 0 Å². The standard InChI is InChI=1S/C26H17F9O3/c1-22(15-5-3-2-4-6-15,16-7-11-18(12-8-16)37-21(29)20(27)28)17-9-13-19(14-10-17)38-26(35)24(32,33)23(30,31)25(26,34)36/h2-14,36H,1H3. The first-order valence-corrected chi connectivity index (χ1v) is 10.8. The third-order valence-corrected chi connectivity index (χ3v) is 6.47. The van der Waals surface area contributed by atoms with Gasteiger partial charge in [-0.25, -0.2) is 0 Å². The zero-order valence-corrected chi connectivity index (χ0v) is 19.2. The van der Waals surface area contributed by atoms with Crippen molar-refractivity contribution in [1.29, 1.82) is 0 Å². The van der Waals surface area contributed by atoms with Crippen molar-refractivity contribution < 1.29 is 54.1 Å². The molecule has 3 aromatic rings. The Morgan fingerprint density at radius 3 is 1.55 bits per heavy atom. The second-order valence-corrected chi connectivity index (χ2v) is 8.64. The molecule has 3 aromatic carbocycles. The molecule has 1 aliphatic rings. The van der Waals surface area contributed by atoms with Crippen LogP contribution in [0.5, 0.6) is 11.5 Å². The molecule has 38 heavy (non-hydrogen) atoms. The van der Waals surface area contributed by atoms with Crippen LogP contribution in [0.25, 0.3) is 0 Å². The Morgan fingerprint density at radius 1 is 0.658 bits per heavy atom. The highest BCUT2D eigenvalue weighted by atomic mass is 19.3. The van der Waals surface area contributed by atoms with Crippen LogP contribution in [0.15, 0.2) is 91.0 Å². The lowest BCUT2D eigenvalue weighted by atomic mass is 9.71. The summed E-state index contributed by atoms with van der Waals surface area (Å²) in [7, 11) is 0. The Hall–Kier alpha value is -3.67. The lowest BCUT2D eigenvalue weighted by Gasteiger charge is -2.53. The molecular weight excluding hydrogens is 531 g/mol. The van der Waals surface area contributed by atoms with E-state index in [1.165, 1.54) is 36.4 Å². The van der Waals surface area contributed by atoms with Crippen LogP contribution >= 0.6 is 0 Å². The number of aliphatic hydroxyl groups is 1. The third-order valence-electron chi connectivity index (χ3n) is 6.47. The molecule has 12 heteroatoms. The largest absolute Gasteiger partial charge is 0.448 e. The van der Waals surface area contributed by atoms with Crippen molar-refractivity contribution in [2.45, 2.75) is 35.9 Å². The fourth-order valence-corrected chi connectivity index (χ4v) is 4.18. The highest BCUT2D eigenvalue weighted by molar-refractivity contribution is 5.51. The summed E-state index contributed by atoms with van der Waals surface area (Å²) in [5.74, 6) is -22.7. The maximum Gasteiger partial charge on any atom is 0.390 e. The van der Waals surface area contributed by atoms with Gasteiger partial charge in [-0.2, -0.15) is 39.5 Å². The first-order chi connectivity index (χ1) is 17.6. The molecule has 0 amide bonds. The van der Waals surface area contributed by atoms with Crippen LogP contribution in [0.1, 0.15) is 23.6 Å². The van der Waals surface area contributed by atoms with Gasteiger partial charge in [0.25, 0.3) is 0 Å². The van der Waals surface area contributed by atoms with Crippen molar-refractivity contribution in [3.05, 3.63) is 108 Å². The Kier molecular flexibility index (Phi) is 6.46. The Balaban J connectivity index is 1.70. The molecule has 202 valence electrons. The summed E-state index contributed by atoms with van der Waals surface area (Å²) in [5.41, 5.74) is 0.535. The Bertz CT molecular complexity index is 1320. The molecule has 0 heterocycles. The van der Waals surface area contributed by atoms with Crippen molar-refractivity contribution in [3.8, 4) is 11.5 Å². The summed E-state index contributed by atoms with van der Waals surface area (Å²) in [4.78, 5) is 0. The molecule has 1 aliphatic carbocycles. The van der Waals surface area contributed by atoms with Crippen LogP contribution in [0, 0.1) is 0 Å². The zero-order chi connectivity index (χ0) is 28.1. The molecule has 0 radical (unpaired) electrons. The van der Waals surface area contributed by atoms with E-state index >= 15 is 0 Å². The normalized spacial score (nSPS) is 25.0. The zero-order valence-electron chi connectivity index (χ0n) is 19.2. The van der Waals surface area contributed by atoms with Gasteiger partial charge in [0.05, 0.1) is 0 Å². The van der Waals surface area contributed by atoms with Crippen LogP contribution in [0.4, 0.5) is 39.5 Å². The van der Waals surface area contributed by atoms with Crippen molar-refractivity contribution in [3.63, 3.8) is 0 Å². The number of hydrogen-bond acceptors (Lipinski definition) is 3. The lowest BCUT2D eigenvalue weighted by Crippen LogP contribution is -2.88. The van der Waals surface area contributed by atoms with Crippen molar-refractivity contribution in [1.82, 2.24) is 0 Å². The smallest absolute Gasteiger partial charge is 0.390 e. The van der Waals surface area contributed by atoms with Gasteiger partial charge < -0.3 is 14.6 Å². The first-order valence-electron chi connectivity index (χ1n) is 10.8. The monoisotopic (exact) mass is 548 g/mol. The molecule has 1 fully saturated rings. The molecule has 0 spiro atoms. The third kappa shape index (κ3) is 3.80. The maximum atomic E-state index is 14.5. The van der Waals surface area contributed by atoms with E-state index in [0.29, 0.717) is 16.7 Å². The molecule has 0 saturated heterocycles. The van der Waals surface area contributed by atoms with Gasteiger partial charge in [-0.15, -0.1) is 0 Å². The van der Waals surface area contributed by atoms with Gasteiger partial charge in [-0.05, 0) is 47.9 Å². The minimum atomic E-state index is -5.72. The second kappa shape index (κ2) is 8.97. The number of benzene rings is 3. The molecule has 3 nitrogen and oxygen atoms in total. The van der Waals surface area contributed by atoms with E-state index < -0.39 is 46.8 Å². The fraction of sp³-hybridized carbons (Fsp3) is 0.231. The molecule has 0 bridgehead atoms. The SMILES string of the molecule is CC(c1ccccc1)(c1ccc(OC(F)=C(F)F)cc1)c1ccc(OC2(F)C(O)(F)C(F)(F)C2(F)F)cc1. The minimum Gasteiger partial charge on any atom is -0.448 e. The van der Waals surface area contributed by atoms with E-state index in [2.05, 4.69) is 9.47 Å². The number of hydrogen-bond donors (Lipinski definition) is 1. The fourth-order valence-electron chi connectivity index (χ4n) is 4.18. The maximum absolute atomic E-state index is 14.5. The van der Waals surface area contributed by atoms with Crippen LogP contribution in [-0.2, 0) is 5.41 Å².